The SMILES string of the molecule is CCCC(=O)N1[C@@H](c2ccc(C(=O)OC)cc2)c2[nH]c3ccccc3c2C[C@@H]1C(=O)OC. The Morgan fingerprint density at radius 2 is 1.75 bits per heavy atom. The average Bonchev–Trinajstić information content (AvgIpc) is 3.20. The van der Waals surface area contributed by atoms with Gasteiger partial charge in [0.1, 0.15) is 6.04 Å². The molecule has 0 unspecified atom stereocenters. The maximum absolute atomic E-state index is 13.3. The van der Waals surface area contributed by atoms with Crippen LogP contribution in [0.1, 0.15) is 53.0 Å². The molecule has 2 atom stereocenters. The number of esters is 2. The van der Waals surface area contributed by atoms with Gasteiger partial charge in [0.05, 0.1) is 25.8 Å². The summed E-state index contributed by atoms with van der Waals surface area (Å²) in [7, 11) is 2.68. The zero-order chi connectivity index (χ0) is 22.8. The summed E-state index contributed by atoms with van der Waals surface area (Å²) in [6.45, 7) is 1.93. The summed E-state index contributed by atoms with van der Waals surface area (Å²) in [5.74, 6) is -0.992. The lowest BCUT2D eigenvalue weighted by molar-refractivity contribution is -0.155. The van der Waals surface area contributed by atoms with Crippen LogP contribution < -0.4 is 0 Å². The Hall–Kier alpha value is -3.61. The molecule has 1 aromatic heterocycles. The standard InChI is InChI=1S/C25H26N2O5/c1-4-7-21(28)27-20(25(30)32-3)14-18-17-8-5-6-9-19(17)26-22(18)23(27)15-10-12-16(13-11-15)24(29)31-2/h5-6,8-13,20,23,26H,4,7,14H2,1-3H3/t20-,23+/m1/s1. The van der Waals surface area contributed by atoms with Gasteiger partial charge in [-0.05, 0) is 35.7 Å². The highest BCUT2D eigenvalue weighted by molar-refractivity contribution is 5.91. The van der Waals surface area contributed by atoms with Gasteiger partial charge in [0.2, 0.25) is 5.91 Å². The van der Waals surface area contributed by atoms with Crippen molar-refractivity contribution in [2.45, 2.75) is 38.3 Å². The lowest BCUT2D eigenvalue weighted by Crippen LogP contribution is -2.51. The van der Waals surface area contributed by atoms with Crippen LogP contribution in [0, 0.1) is 0 Å². The fourth-order valence-electron chi connectivity index (χ4n) is 4.53. The molecule has 1 amide bonds. The molecular formula is C25H26N2O5. The number of H-pyrrole nitrogens is 1. The molecule has 7 heteroatoms. The van der Waals surface area contributed by atoms with Crippen molar-refractivity contribution in [3.05, 3.63) is 70.9 Å². The highest BCUT2D eigenvalue weighted by Gasteiger charge is 2.43. The summed E-state index contributed by atoms with van der Waals surface area (Å²) in [5.41, 5.74) is 4.03. The number of hydrogen-bond donors (Lipinski definition) is 1. The van der Waals surface area contributed by atoms with Crippen molar-refractivity contribution < 1.29 is 23.9 Å². The van der Waals surface area contributed by atoms with Gasteiger partial charge >= 0.3 is 11.9 Å². The van der Waals surface area contributed by atoms with E-state index in [0.29, 0.717) is 24.8 Å². The molecule has 1 N–H and O–H groups in total. The molecule has 4 rings (SSSR count). The predicted molar refractivity (Wildman–Crippen MR) is 119 cm³/mol. The molecule has 0 fully saturated rings. The maximum Gasteiger partial charge on any atom is 0.337 e. The minimum atomic E-state index is -0.740. The summed E-state index contributed by atoms with van der Waals surface area (Å²) in [6.07, 6.45) is 1.36. The van der Waals surface area contributed by atoms with Gasteiger partial charge in [-0.25, -0.2) is 9.59 Å². The van der Waals surface area contributed by atoms with Gasteiger partial charge in [0, 0.05) is 29.4 Å². The zero-order valence-corrected chi connectivity index (χ0v) is 18.4. The van der Waals surface area contributed by atoms with Crippen molar-refractivity contribution in [2.24, 2.45) is 0 Å². The number of nitrogens with one attached hydrogen (secondary N) is 1. The van der Waals surface area contributed by atoms with Crippen molar-refractivity contribution in [1.82, 2.24) is 9.88 Å². The van der Waals surface area contributed by atoms with E-state index in [1.54, 1.807) is 29.2 Å². The molecule has 3 aromatic rings. The quantitative estimate of drug-likeness (QED) is 0.618. The van der Waals surface area contributed by atoms with E-state index in [1.807, 2.05) is 31.2 Å². The molecule has 0 saturated heterocycles. The Balaban J connectivity index is 1.92. The number of ether oxygens (including phenoxy) is 2. The minimum Gasteiger partial charge on any atom is -0.467 e. The first kappa shape index (κ1) is 21.6. The van der Waals surface area contributed by atoms with Crippen LogP contribution in [-0.2, 0) is 25.5 Å². The van der Waals surface area contributed by atoms with Crippen LogP contribution in [0.15, 0.2) is 48.5 Å². The van der Waals surface area contributed by atoms with E-state index in [9.17, 15) is 14.4 Å². The summed E-state index contributed by atoms with van der Waals surface area (Å²) in [5, 5.41) is 1.02. The number of hydrogen-bond acceptors (Lipinski definition) is 5. The third-order valence-corrected chi connectivity index (χ3v) is 6.00. The Morgan fingerprint density at radius 3 is 2.41 bits per heavy atom. The second-order valence-electron chi connectivity index (χ2n) is 7.87. The van der Waals surface area contributed by atoms with Crippen LogP contribution in [0.4, 0.5) is 0 Å². The number of para-hydroxylation sites is 1. The van der Waals surface area contributed by atoms with Gasteiger partial charge in [-0.1, -0.05) is 37.3 Å². The van der Waals surface area contributed by atoms with Gasteiger partial charge < -0.3 is 19.4 Å². The van der Waals surface area contributed by atoms with Crippen molar-refractivity contribution >= 4 is 28.7 Å². The molecule has 2 heterocycles. The van der Waals surface area contributed by atoms with E-state index in [0.717, 1.165) is 27.7 Å². The molecule has 0 bridgehead atoms. The van der Waals surface area contributed by atoms with E-state index in [2.05, 4.69) is 4.98 Å². The first-order valence-electron chi connectivity index (χ1n) is 10.7. The van der Waals surface area contributed by atoms with Crippen LogP contribution in [0.3, 0.4) is 0 Å². The fourth-order valence-corrected chi connectivity index (χ4v) is 4.53. The highest BCUT2D eigenvalue weighted by atomic mass is 16.5. The number of carbonyl (C=O) groups is 3. The molecule has 7 nitrogen and oxygen atoms in total. The Kier molecular flexibility index (Phi) is 5.99. The Morgan fingerprint density at radius 1 is 1.03 bits per heavy atom. The third kappa shape index (κ3) is 3.64. The molecule has 2 aromatic carbocycles. The van der Waals surface area contributed by atoms with Gasteiger partial charge in [-0.2, -0.15) is 0 Å². The largest absolute Gasteiger partial charge is 0.467 e. The summed E-state index contributed by atoms with van der Waals surface area (Å²) in [6, 6.07) is 13.6. The smallest absolute Gasteiger partial charge is 0.337 e. The van der Waals surface area contributed by atoms with Crippen molar-refractivity contribution in [1.29, 1.82) is 0 Å². The molecular weight excluding hydrogens is 408 g/mol. The van der Waals surface area contributed by atoms with Gasteiger partial charge in [-0.3, -0.25) is 4.79 Å². The van der Waals surface area contributed by atoms with E-state index in [1.165, 1.54) is 14.2 Å². The molecule has 0 radical (unpaired) electrons. The van der Waals surface area contributed by atoms with Crippen molar-refractivity contribution in [2.75, 3.05) is 14.2 Å². The molecule has 1 aliphatic heterocycles. The van der Waals surface area contributed by atoms with E-state index in [4.69, 9.17) is 9.47 Å². The number of aromatic amines is 1. The lowest BCUT2D eigenvalue weighted by Gasteiger charge is -2.41. The number of amides is 1. The van der Waals surface area contributed by atoms with Crippen LogP contribution in [0.2, 0.25) is 0 Å². The van der Waals surface area contributed by atoms with E-state index < -0.39 is 24.0 Å². The zero-order valence-electron chi connectivity index (χ0n) is 18.4. The topological polar surface area (TPSA) is 88.7 Å². The summed E-state index contributed by atoms with van der Waals surface area (Å²) >= 11 is 0. The number of carbonyl (C=O) groups excluding carboxylic acids is 3. The number of rotatable bonds is 5. The Bertz CT molecular complexity index is 1160. The van der Waals surface area contributed by atoms with Crippen molar-refractivity contribution in [3.63, 3.8) is 0 Å². The Labute approximate surface area is 186 Å². The molecule has 32 heavy (non-hydrogen) atoms. The van der Waals surface area contributed by atoms with Crippen molar-refractivity contribution in [3.8, 4) is 0 Å². The second-order valence-corrected chi connectivity index (χ2v) is 7.87. The average molecular weight is 434 g/mol. The molecule has 0 saturated carbocycles. The number of aromatic nitrogens is 1. The number of methoxy groups -OCH3 is 2. The van der Waals surface area contributed by atoms with Gasteiger partial charge in [0.25, 0.3) is 0 Å². The highest BCUT2D eigenvalue weighted by Crippen LogP contribution is 2.41. The first-order valence-corrected chi connectivity index (χ1v) is 10.7. The molecule has 0 aliphatic carbocycles. The van der Waals surface area contributed by atoms with E-state index >= 15 is 0 Å². The maximum atomic E-state index is 13.3. The fraction of sp³-hybridized carbons (Fsp3) is 0.320. The minimum absolute atomic E-state index is 0.116. The molecule has 0 spiro atoms. The van der Waals surface area contributed by atoms with Gasteiger partial charge in [-0.15, -0.1) is 0 Å². The summed E-state index contributed by atoms with van der Waals surface area (Å²) in [4.78, 5) is 43.1. The number of nitrogens with zero attached hydrogens (tertiary/aromatic N) is 1. The van der Waals surface area contributed by atoms with Crippen LogP contribution in [0.5, 0.6) is 0 Å². The van der Waals surface area contributed by atoms with Gasteiger partial charge in [0.15, 0.2) is 0 Å². The summed E-state index contributed by atoms with van der Waals surface area (Å²) < 4.78 is 9.90. The molecule has 166 valence electrons. The van der Waals surface area contributed by atoms with E-state index in [-0.39, 0.29) is 5.91 Å². The first-order chi connectivity index (χ1) is 15.5. The lowest BCUT2D eigenvalue weighted by atomic mass is 9.87. The third-order valence-electron chi connectivity index (χ3n) is 6.00. The predicted octanol–water partition coefficient (Wildman–Crippen LogP) is 3.77. The monoisotopic (exact) mass is 434 g/mol. The van der Waals surface area contributed by atoms with Crippen LogP contribution in [-0.4, -0.2) is 48.0 Å². The number of benzene rings is 2. The normalized spacial score (nSPS) is 17.7. The van der Waals surface area contributed by atoms with Crippen LogP contribution in [0.25, 0.3) is 10.9 Å². The number of fused-ring (bicyclic) bond motifs is 3. The second kappa shape index (κ2) is 8.86. The molecule has 1 aliphatic rings. The van der Waals surface area contributed by atoms with Crippen LogP contribution >= 0.6 is 0 Å².